The Balaban J connectivity index is 1.15. The number of anilines is 1. The first-order valence-electron chi connectivity index (χ1n) is 9.33. The van der Waals surface area contributed by atoms with Crippen molar-refractivity contribution >= 4 is 46.4 Å². The number of carbonyl (C=O) groups is 1. The number of oxazole rings is 1. The smallest absolute Gasteiger partial charge is 0.298 e. The standard InChI is InChI=1S/C20H21ClN4O2S/c1-28-17-6-12(4-5-22-17)18(26)23-14-8-20(9-14)10-25(11-20)19-24-15-7-13(21)2-3-16(15)27-19/h2-7,14,17,22H,8-11H2,1H3,(H,23,26). The molecule has 1 spiro atoms. The van der Waals surface area contributed by atoms with E-state index in [1.165, 1.54) is 0 Å². The monoisotopic (exact) mass is 416 g/mol. The van der Waals surface area contributed by atoms with Gasteiger partial charge in [0.25, 0.3) is 11.9 Å². The van der Waals surface area contributed by atoms with E-state index in [2.05, 4.69) is 20.5 Å². The van der Waals surface area contributed by atoms with Crippen LogP contribution in [0, 0.1) is 5.41 Å². The fourth-order valence-electron chi connectivity index (χ4n) is 4.32. The van der Waals surface area contributed by atoms with Crippen molar-refractivity contribution in [2.24, 2.45) is 5.41 Å². The average molecular weight is 417 g/mol. The number of hydrogen-bond donors (Lipinski definition) is 2. The molecule has 2 N–H and O–H groups in total. The summed E-state index contributed by atoms with van der Waals surface area (Å²) in [5.41, 5.74) is 2.55. The third kappa shape index (κ3) is 3.16. The van der Waals surface area contributed by atoms with Crippen molar-refractivity contribution in [2.45, 2.75) is 24.3 Å². The Labute approximate surface area is 172 Å². The van der Waals surface area contributed by atoms with Crippen LogP contribution in [0.5, 0.6) is 0 Å². The number of aromatic nitrogens is 1. The zero-order valence-corrected chi connectivity index (χ0v) is 17.0. The van der Waals surface area contributed by atoms with Gasteiger partial charge in [0.05, 0.1) is 5.37 Å². The summed E-state index contributed by atoms with van der Waals surface area (Å²) >= 11 is 7.69. The summed E-state index contributed by atoms with van der Waals surface area (Å²) in [6, 6.07) is 6.38. The Morgan fingerprint density at radius 3 is 3.04 bits per heavy atom. The number of fused-ring (bicyclic) bond motifs is 1. The third-order valence-electron chi connectivity index (χ3n) is 5.73. The number of hydrogen-bond acceptors (Lipinski definition) is 6. The van der Waals surface area contributed by atoms with E-state index in [0.717, 1.165) is 42.6 Å². The van der Waals surface area contributed by atoms with Gasteiger partial charge in [0.2, 0.25) is 0 Å². The van der Waals surface area contributed by atoms with E-state index in [1.54, 1.807) is 11.8 Å². The summed E-state index contributed by atoms with van der Waals surface area (Å²) in [4.78, 5) is 19.2. The lowest BCUT2D eigenvalue weighted by Gasteiger charge is -2.58. The second-order valence-corrected chi connectivity index (χ2v) is 9.24. The number of nitrogens with zero attached hydrogens (tertiary/aromatic N) is 2. The Hall–Kier alpha value is -2.12. The van der Waals surface area contributed by atoms with Crippen LogP contribution in [-0.4, -0.2) is 41.7 Å². The lowest BCUT2D eigenvalue weighted by atomic mass is 9.60. The van der Waals surface area contributed by atoms with E-state index in [0.29, 0.717) is 11.0 Å². The van der Waals surface area contributed by atoms with Gasteiger partial charge >= 0.3 is 0 Å². The van der Waals surface area contributed by atoms with E-state index in [4.69, 9.17) is 16.0 Å². The molecule has 1 atom stereocenters. The van der Waals surface area contributed by atoms with Gasteiger partial charge in [-0.15, -0.1) is 11.8 Å². The molecule has 6 nitrogen and oxygen atoms in total. The van der Waals surface area contributed by atoms with Crippen molar-refractivity contribution in [3.8, 4) is 0 Å². The minimum Gasteiger partial charge on any atom is -0.423 e. The lowest BCUT2D eigenvalue weighted by molar-refractivity contribution is -0.119. The van der Waals surface area contributed by atoms with Gasteiger partial charge in [0, 0.05) is 35.1 Å². The molecule has 0 bridgehead atoms. The Morgan fingerprint density at radius 1 is 1.43 bits per heavy atom. The van der Waals surface area contributed by atoms with Gasteiger partial charge in [-0.25, -0.2) is 0 Å². The SMILES string of the molecule is CSC1C=C(C(=O)NC2CC3(C2)CN(c2nc4cc(Cl)ccc4o2)C3)C=CN1. The zero-order chi connectivity index (χ0) is 19.3. The molecule has 1 aliphatic carbocycles. The van der Waals surface area contributed by atoms with Gasteiger partial charge in [-0.3, -0.25) is 4.79 Å². The highest BCUT2D eigenvalue weighted by atomic mass is 35.5. The maximum absolute atomic E-state index is 12.5. The number of amides is 1. The normalized spacial score (nSPS) is 23.1. The topological polar surface area (TPSA) is 70.4 Å². The number of benzene rings is 1. The molecule has 1 unspecified atom stereocenters. The Kier molecular flexibility index (Phi) is 4.32. The van der Waals surface area contributed by atoms with Gasteiger partial charge in [0.15, 0.2) is 5.58 Å². The molecule has 2 aliphatic heterocycles. The number of thioether (sulfide) groups is 1. The Morgan fingerprint density at radius 2 is 2.25 bits per heavy atom. The van der Waals surface area contributed by atoms with Gasteiger partial charge < -0.3 is 20.0 Å². The molecule has 2 fully saturated rings. The number of nitrogens with one attached hydrogen (secondary N) is 2. The van der Waals surface area contributed by atoms with Crippen LogP contribution in [0.4, 0.5) is 6.01 Å². The zero-order valence-electron chi connectivity index (χ0n) is 15.4. The van der Waals surface area contributed by atoms with Crippen molar-refractivity contribution in [3.05, 3.63) is 47.1 Å². The van der Waals surface area contributed by atoms with E-state index in [9.17, 15) is 4.79 Å². The van der Waals surface area contributed by atoms with Crippen molar-refractivity contribution < 1.29 is 9.21 Å². The lowest BCUT2D eigenvalue weighted by Crippen LogP contribution is -2.66. The molecular formula is C20H21ClN4O2S. The van der Waals surface area contributed by atoms with Crippen LogP contribution in [0.2, 0.25) is 5.02 Å². The molecule has 1 amide bonds. The highest BCUT2D eigenvalue weighted by molar-refractivity contribution is 7.99. The van der Waals surface area contributed by atoms with Gasteiger partial charge in [-0.2, -0.15) is 4.98 Å². The predicted molar refractivity (Wildman–Crippen MR) is 112 cm³/mol. The molecule has 1 saturated carbocycles. The van der Waals surface area contributed by atoms with Crippen LogP contribution in [0.15, 0.2) is 46.5 Å². The second-order valence-electron chi connectivity index (χ2n) is 7.82. The summed E-state index contributed by atoms with van der Waals surface area (Å²) < 4.78 is 5.84. The van der Waals surface area contributed by atoms with Crippen LogP contribution < -0.4 is 15.5 Å². The first-order chi connectivity index (χ1) is 13.5. The number of dihydropyridines is 1. The van der Waals surface area contributed by atoms with Gasteiger partial charge in [-0.05, 0) is 55.6 Å². The van der Waals surface area contributed by atoms with Crippen molar-refractivity contribution in [3.63, 3.8) is 0 Å². The van der Waals surface area contributed by atoms with Gasteiger partial charge in [-0.1, -0.05) is 11.6 Å². The highest BCUT2D eigenvalue weighted by Crippen LogP contribution is 2.49. The molecule has 5 rings (SSSR count). The third-order valence-corrected chi connectivity index (χ3v) is 6.74. The summed E-state index contributed by atoms with van der Waals surface area (Å²) in [5.74, 6) is 0.0173. The maximum atomic E-state index is 12.5. The van der Waals surface area contributed by atoms with E-state index < -0.39 is 0 Å². The molecule has 28 heavy (non-hydrogen) atoms. The number of halogens is 1. The molecule has 0 radical (unpaired) electrons. The summed E-state index contributed by atoms with van der Waals surface area (Å²) in [6.07, 6.45) is 9.67. The van der Waals surface area contributed by atoms with Crippen LogP contribution in [-0.2, 0) is 4.79 Å². The van der Waals surface area contributed by atoms with Crippen molar-refractivity contribution in [2.75, 3.05) is 24.2 Å². The highest BCUT2D eigenvalue weighted by Gasteiger charge is 2.53. The van der Waals surface area contributed by atoms with Gasteiger partial charge in [0.1, 0.15) is 5.52 Å². The fraction of sp³-hybridized carbons (Fsp3) is 0.400. The second kappa shape index (κ2) is 6.74. The molecular weight excluding hydrogens is 396 g/mol. The van der Waals surface area contributed by atoms with Crippen LogP contribution in [0.3, 0.4) is 0 Å². The summed E-state index contributed by atoms with van der Waals surface area (Å²) in [6.45, 7) is 1.84. The first kappa shape index (κ1) is 17.9. The summed E-state index contributed by atoms with van der Waals surface area (Å²) in [7, 11) is 0. The van der Waals surface area contributed by atoms with Crippen molar-refractivity contribution in [1.82, 2.24) is 15.6 Å². The molecule has 2 aromatic rings. The fourth-order valence-corrected chi connectivity index (χ4v) is 4.99. The van der Waals surface area contributed by atoms with Crippen LogP contribution >= 0.6 is 23.4 Å². The van der Waals surface area contributed by atoms with E-state index >= 15 is 0 Å². The van der Waals surface area contributed by atoms with Crippen LogP contribution in [0.1, 0.15) is 12.8 Å². The molecule has 3 aliphatic rings. The Bertz CT molecular complexity index is 987. The largest absolute Gasteiger partial charge is 0.423 e. The molecule has 1 aromatic carbocycles. The molecule has 3 heterocycles. The minimum atomic E-state index is 0.0173. The molecule has 146 valence electrons. The van der Waals surface area contributed by atoms with E-state index in [-0.39, 0.29) is 22.7 Å². The van der Waals surface area contributed by atoms with Crippen molar-refractivity contribution in [1.29, 1.82) is 0 Å². The average Bonchev–Trinajstić information content (AvgIpc) is 3.04. The molecule has 8 heteroatoms. The summed E-state index contributed by atoms with van der Waals surface area (Å²) in [5, 5.41) is 7.18. The minimum absolute atomic E-state index is 0.0173. The predicted octanol–water partition coefficient (Wildman–Crippen LogP) is 3.30. The molecule has 1 saturated heterocycles. The van der Waals surface area contributed by atoms with E-state index in [1.807, 2.05) is 42.8 Å². The quantitative estimate of drug-likeness (QED) is 0.796. The first-order valence-corrected chi connectivity index (χ1v) is 11.0. The number of rotatable bonds is 4. The maximum Gasteiger partial charge on any atom is 0.298 e. The number of carbonyl (C=O) groups excluding carboxylic acids is 1. The van der Waals surface area contributed by atoms with Crippen LogP contribution in [0.25, 0.3) is 11.1 Å². The molecule has 1 aromatic heterocycles.